The van der Waals surface area contributed by atoms with Crippen molar-refractivity contribution in [2.45, 2.75) is 71.7 Å². The summed E-state index contributed by atoms with van der Waals surface area (Å²) < 4.78 is 5.30. The summed E-state index contributed by atoms with van der Waals surface area (Å²) in [5.74, 6) is -2.46. The summed E-state index contributed by atoms with van der Waals surface area (Å²) in [4.78, 5) is 52.9. The first kappa shape index (κ1) is 25.2. The molecule has 0 bridgehead atoms. The van der Waals surface area contributed by atoms with E-state index in [1.807, 2.05) is 0 Å². The van der Waals surface area contributed by atoms with Crippen molar-refractivity contribution >= 4 is 29.6 Å². The lowest BCUT2D eigenvalue weighted by atomic mass is 10.0. The Hall–Kier alpha value is -3.10. The van der Waals surface area contributed by atoms with Crippen LogP contribution in [-0.4, -0.2) is 64.7 Å². The van der Waals surface area contributed by atoms with Crippen molar-refractivity contribution < 1.29 is 29.0 Å². The van der Waals surface area contributed by atoms with Crippen molar-refractivity contribution in [1.82, 2.24) is 10.2 Å². The van der Waals surface area contributed by atoms with E-state index in [2.05, 4.69) is 5.32 Å². The van der Waals surface area contributed by atoms with E-state index in [1.54, 1.807) is 58.9 Å². The predicted octanol–water partition coefficient (Wildman–Crippen LogP) is 2.43. The van der Waals surface area contributed by atoms with Gasteiger partial charge in [0.1, 0.15) is 23.7 Å². The maximum Gasteiger partial charge on any atom is 0.410 e. The number of carbonyl (C=O) groups is 4. The van der Waals surface area contributed by atoms with Gasteiger partial charge in [0.15, 0.2) is 0 Å². The lowest BCUT2D eigenvalue weighted by Gasteiger charge is -2.32. The Labute approximate surface area is 188 Å². The maximum atomic E-state index is 13.5. The van der Waals surface area contributed by atoms with Gasteiger partial charge in [-0.05, 0) is 45.2 Å². The van der Waals surface area contributed by atoms with Crippen LogP contribution >= 0.6 is 0 Å². The first-order valence-corrected chi connectivity index (χ1v) is 10.6. The summed E-state index contributed by atoms with van der Waals surface area (Å²) in [6, 6.07) is 4.12. The summed E-state index contributed by atoms with van der Waals surface area (Å²) in [5, 5.41) is 12.4. The summed E-state index contributed by atoms with van der Waals surface area (Å²) >= 11 is 0. The topological polar surface area (TPSA) is 116 Å². The third kappa shape index (κ3) is 5.57. The second kappa shape index (κ2) is 9.58. The van der Waals surface area contributed by atoms with Crippen LogP contribution in [0.15, 0.2) is 24.3 Å². The largest absolute Gasteiger partial charge is 0.480 e. The number of hydrogen-bond acceptors (Lipinski definition) is 5. The lowest BCUT2D eigenvalue weighted by molar-refractivity contribution is -0.140. The third-order valence-electron chi connectivity index (χ3n) is 5.37. The first-order valence-electron chi connectivity index (χ1n) is 10.6. The average molecular weight is 448 g/mol. The molecule has 32 heavy (non-hydrogen) atoms. The minimum atomic E-state index is -1.11. The minimum absolute atomic E-state index is 0.202. The molecule has 0 radical (unpaired) electrons. The molecule has 1 aromatic carbocycles. The fourth-order valence-corrected chi connectivity index (χ4v) is 3.46. The van der Waals surface area contributed by atoms with Crippen LogP contribution in [0.5, 0.6) is 0 Å². The standard InChI is InChI=1S/C23H33N3O6/c1-13(2)18(24-19(27)14(3)25(7)22(31)32-23(4,5)6)20(28)26-16-11-9-8-10-15(16)12-17(26)21(29)30/h8-11,13-14,17-18H,12H2,1-7H3,(H,24,27)(H,29,30)/t14-,17?,18-/m0/s1. The highest BCUT2D eigenvalue weighted by Gasteiger charge is 2.42. The van der Waals surface area contributed by atoms with Crippen molar-refractivity contribution in [1.29, 1.82) is 0 Å². The van der Waals surface area contributed by atoms with Gasteiger partial charge >= 0.3 is 12.1 Å². The van der Waals surface area contributed by atoms with Gasteiger partial charge in [-0.1, -0.05) is 32.0 Å². The third-order valence-corrected chi connectivity index (χ3v) is 5.37. The van der Waals surface area contributed by atoms with E-state index in [0.29, 0.717) is 5.69 Å². The van der Waals surface area contributed by atoms with Crippen molar-refractivity contribution in [2.24, 2.45) is 5.92 Å². The molecule has 9 nitrogen and oxygen atoms in total. The highest BCUT2D eigenvalue weighted by Crippen LogP contribution is 2.33. The number of amides is 3. The molecule has 9 heteroatoms. The molecule has 1 aromatic rings. The van der Waals surface area contributed by atoms with Crippen LogP contribution in [0.3, 0.4) is 0 Å². The monoisotopic (exact) mass is 447 g/mol. The van der Waals surface area contributed by atoms with E-state index in [9.17, 15) is 24.3 Å². The Balaban J connectivity index is 2.22. The molecule has 0 spiro atoms. The number of likely N-dealkylation sites (N-methyl/N-ethyl adjacent to an activating group) is 1. The number of hydrogen-bond donors (Lipinski definition) is 2. The molecule has 0 aromatic heterocycles. The van der Waals surface area contributed by atoms with Crippen LogP contribution < -0.4 is 10.2 Å². The molecule has 1 aliphatic heterocycles. The van der Waals surface area contributed by atoms with Gasteiger partial charge in [0.25, 0.3) is 5.91 Å². The van der Waals surface area contributed by atoms with Gasteiger partial charge in [-0.25, -0.2) is 9.59 Å². The zero-order chi connectivity index (χ0) is 24.4. The van der Waals surface area contributed by atoms with Crippen LogP contribution in [0.2, 0.25) is 0 Å². The normalized spacial score (nSPS) is 17.4. The number of aliphatic carboxylic acids is 1. The molecule has 0 saturated heterocycles. The zero-order valence-corrected chi connectivity index (χ0v) is 19.7. The van der Waals surface area contributed by atoms with Gasteiger partial charge in [-0.15, -0.1) is 0 Å². The van der Waals surface area contributed by atoms with E-state index >= 15 is 0 Å². The average Bonchev–Trinajstić information content (AvgIpc) is 3.08. The van der Waals surface area contributed by atoms with Gasteiger partial charge in [-0.3, -0.25) is 19.4 Å². The summed E-state index contributed by atoms with van der Waals surface area (Å²) in [6.45, 7) is 10.2. The van der Waals surface area contributed by atoms with Gasteiger partial charge < -0.3 is 15.2 Å². The van der Waals surface area contributed by atoms with Crippen molar-refractivity contribution in [2.75, 3.05) is 11.9 Å². The van der Waals surface area contributed by atoms with Gasteiger partial charge in [0, 0.05) is 19.2 Å². The number of carboxylic acids is 1. The Bertz CT molecular complexity index is 892. The molecule has 176 valence electrons. The van der Waals surface area contributed by atoms with Crippen molar-refractivity contribution in [3.05, 3.63) is 29.8 Å². The zero-order valence-electron chi connectivity index (χ0n) is 19.7. The first-order chi connectivity index (χ1) is 14.7. The number of nitrogens with one attached hydrogen (secondary N) is 1. The number of carbonyl (C=O) groups excluding carboxylic acids is 3. The number of rotatable bonds is 6. The predicted molar refractivity (Wildman–Crippen MR) is 119 cm³/mol. The number of ether oxygens (including phenoxy) is 1. The second-order valence-electron chi connectivity index (χ2n) is 9.39. The number of para-hydroxylation sites is 1. The molecule has 0 saturated carbocycles. The molecule has 1 aliphatic rings. The highest BCUT2D eigenvalue weighted by molar-refractivity contribution is 6.06. The summed E-state index contributed by atoms with van der Waals surface area (Å²) in [6.07, 6.45) is -0.458. The molecular formula is C23H33N3O6. The Morgan fingerprint density at radius 3 is 2.28 bits per heavy atom. The van der Waals surface area contributed by atoms with Crippen molar-refractivity contribution in [3.63, 3.8) is 0 Å². The van der Waals surface area contributed by atoms with Gasteiger partial charge in [-0.2, -0.15) is 0 Å². The van der Waals surface area contributed by atoms with Crippen LogP contribution in [-0.2, 0) is 25.5 Å². The Morgan fingerprint density at radius 2 is 1.75 bits per heavy atom. The molecular weight excluding hydrogens is 414 g/mol. The van der Waals surface area contributed by atoms with E-state index in [4.69, 9.17) is 4.74 Å². The summed E-state index contributed by atoms with van der Waals surface area (Å²) in [5.41, 5.74) is 0.580. The van der Waals surface area contributed by atoms with Crippen LogP contribution in [0.1, 0.15) is 47.1 Å². The smallest absolute Gasteiger partial charge is 0.410 e. The van der Waals surface area contributed by atoms with Gasteiger partial charge in [0.2, 0.25) is 5.91 Å². The Morgan fingerprint density at radius 1 is 1.16 bits per heavy atom. The van der Waals surface area contributed by atoms with Crippen molar-refractivity contribution in [3.8, 4) is 0 Å². The fraction of sp³-hybridized carbons (Fsp3) is 0.565. The number of anilines is 1. The van der Waals surface area contributed by atoms with Gasteiger partial charge in [0.05, 0.1) is 0 Å². The SMILES string of the molecule is CC(C)[C@H](NC(=O)[C@H](C)N(C)C(=O)OC(C)(C)C)C(=O)N1c2ccccc2CC1C(=O)O. The quantitative estimate of drug-likeness (QED) is 0.692. The van der Waals surface area contributed by atoms with Crippen LogP contribution in [0.25, 0.3) is 0 Å². The molecule has 3 amide bonds. The van der Waals surface area contributed by atoms with Crippen LogP contribution in [0.4, 0.5) is 10.5 Å². The number of carboxylic acid groups (broad SMARTS) is 1. The number of nitrogens with zero attached hydrogens (tertiary/aromatic N) is 2. The Kier molecular flexibility index (Phi) is 7.54. The minimum Gasteiger partial charge on any atom is -0.480 e. The molecule has 0 aliphatic carbocycles. The molecule has 1 unspecified atom stereocenters. The van der Waals surface area contributed by atoms with E-state index in [-0.39, 0.29) is 12.3 Å². The molecule has 2 N–H and O–H groups in total. The van der Waals surface area contributed by atoms with E-state index < -0.39 is 47.6 Å². The number of benzene rings is 1. The number of fused-ring (bicyclic) bond motifs is 1. The molecule has 1 heterocycles. The lowest BCUT2D eigenvalue weighted by Crippen LogP contribution is -2.58. The van der Waals surface area contributed by atoms with E-state index in [1.165, 1.54) is 18.9 Å². The van der Waals surface area contributed by atoms with Crippen LogP contribution in [0, 0.1) is 5.92 Å². The molecule has 3 atom stereocenters. The second-order valence-corrected chi connectivity index (χ2v) is 9.39. The maximum absolute atomic E-state index is 13.5. The summed E-state index contributed by atoms with van der Waals surface area (Å²) in [7, 11) is 1.45. The molecule has 2 rings (SSSR count). The van der Waals surface area contributed by atoms with E-state index in [0.717, 1.165) is 10.5 Å². The molecule has 0 fully saturated rings. The highest BCUT2D eigenvalue weighted by atomic mass is 16.6. The fourth-order valence-electron chi connectivity index (χ4n) is 3.46.